The largest absolute Gasteiger partial charge is 0.480 e. The number of rotatable bonds is 5. The van der Waals surface area contributed by atoms with E-state index in [0.717, 1.165) is 0 Å². The van der Waals surface area contributed by atoms with E-state index < -0.39 is 0 Å². The topological polar surface area (TPSA) is 61.3 Å². The van der Waals surface area contributed by atoms with Gasteiger partial charge in [-0.1, -0.05) is 6.92 Å². The van der Waals surface area contributed by atoms with Crippen molar-refractivity contribution >= 4 is 6.29 Å². The van der Waals surface area contributed by atoms with Gasteiger partial charge in [0.25, 0.3) is 0 Å². The number of aldehydes is 1. The Hall–Kier alpha value is -1.65. The van der Waals surface area contributed by atoms with Crippen LogP contribution in [0.4, 0.5) is 0 Å². The average Bonchev–Trinajstić information content (AvgIpc) is 2.27. The second kappa shape index (κ2) is 5.44. The number of nitrogens with zero attached hydrogens (tertiary/aromatic N) is 2. The predicted molar refractivity (Wildman–Crippen MR) is 59.1 cm³/mol. The summed E-state index contributed by atoms with van der Waals surface area (Å²) in [5, 5.41) is 0. The van der Waals surface area contributed by atoms with Gasteiger partial charge in [-0.15, -0.1) is 0 Å². The monoisotopic (exact) mass is 224 g/mol. The first-order chi connectivity index (χ1) is 7.62. The van der Waals surface area contributed by atoms with Gasteiger partial charge in [0.05, 0.1) is 13.2 Å². The van der Waals surface area contributed by atoms with Gasteiger partial charge in [-0.2, -0.15) is 9.97 Å². The Morgan fingerprint density at radius 1 is 1.31 bits per heavy atom. The number of ether oxygens (including phenoxy) is 2. The molecule has 1 rings (SSSR count). The van der Waals surface area contributed by atoms with Crippen molar-refractivity contribution in [3.63, 3.8) is 0 Å². The molecule has 0 atom stereocenters. The Morgan fingerprint density at radius 3 is 2.38 bits per heavy atom. The zero-order chi connectivity index (χ0) is 12.1. The van der Waals surface area contributed by atoms with E-state index in [4.69, 9.17) is 9.47 Å². The molecule has 0 radical (unpaired) electrons. The van der Waals surface area contributed by atoms with Crippen molar-refractivity contribution in [1.29, 1.82) is 0 Å². The summed E-state index contributed by atoms with van der Waals surface area (Å²) in [6.07, 6.45) is 1.25. The lowest BCUT2D eigenvalue weighted by Crippen LogP contribution is -2.12. The highest BCUT2D eigenvalue weighted by Gasteiger charge is 2.16. The van der Waals surface area contributed by atoms with Crippen LogP contribution in [0, 0.1) is 0 Å². The summed E-state index contributed by atoms with van der Waals surface area (Å²) in [6, 6.07) is 0. The minimum Gasteiger partial charge on any atom is -0.480 e. The Balaban J connectivity index is 3.25. The number of aryl methyl sites for hydroxylation is 1. The van der Waals surface area contributed by atoms with E-state index in [9.17, 15) is 4.79 Å². The summed E-state index contributed by atoms with van der Waals surface area (Å²) in [6.45, 7) is 5.66. The maximum Gasteiger partial charge on any atom is 0.231 e. The molecule has 0 saturated heterocycles. The summed E-state index contributed by atoms with van der Waals surface area (Å²) < 4.78 is 10.5. The minimum atomic E-state index is -0.0528. The third-order valence-electron chi connectivity index (χ3n) is 1.90. The third-order valence-corrected chi connectivity index (χ3v) is 1.90. The molecule has 0 spiro atoms. The molecule has 0 aliphatic carbocycles. The van der Waals surface area contributed by atoms with E-state index in [1.807, 2.05) is 20.8 Å². The van der Waals surface area contributed by atoms with Crippen LogP contribution in [0.3, 0.4) is 0 Å². The molecule has 0 saturated carbocycles. The SMILES string of the molecule is CCc1nc(OC)c(C=O)c(OC(C)C)n1. The number of hydrogen-bond acceptors (Lipinski definition) is 5. The minimum absolute atomic E-state index is 0.0528. The number of aromatic nitrogens is 2. The van der Waals surface area contributed by atoms with Gasteiger partial charge in [0, 0.05) is 6.42 Å². The van der Waals surface area contributed by atoms with Crippen molar-refractivity contribution in [1.82, 2.24) is 9.97 Å². The highest BCUT2D eigenvalue weighted by Crippen LogP contribution is 2.24. The lowest BCUT2D eigenvalue weighted by atomic mass is 10.3. The van der Waals surface area contributed by atoms with Crippen LogP contribution in [0.25, 0.3) is 0 Å². The van der Waals surface area contributed by atoms with Gasteiger partial charge in [-0.05, 0) is 13.8 Å². The van der Waals surface area contributed by atoms with Crippen molar-refractivity contribution in [3.8, 4) is 11.8 Å². The standard InChI is InChI=1S/C11H16N2O3/c1-5-9-12-10(15-4)8(6-14)11(13-9)16-7(2)3/h6-7H,5H2,1-4H3. The second-order valence-corrected chi connectivity index (χ2v) is 3.51. The van der Waals surface area contributed by atoms with E-state index in [2.05, 4.69) is 9.97 Å². The fraction of sp³-hybridized carbons (Fsp3) is 0.545. The molecular formula is C11H16N2O3. The number of methoxy groups -OCH3 is 1. The van der Waals surface area contributed by atoms with E-state index in [-0.39, 0.29) is 23.4 Å². The molecule has 16 heavy (non-hydrogen) atoms. The van der Waals surface area contributed by atoms with Crippen molar-refractivity contribution in [2.75, 3.05) is 7.11 Å². The molecule has 88 valence electrons. The molecule has 1 aromatic rings. The molecule has 0 amide bonds. The lowest BCUT2D eigenvalue weighted by molar-refractivity contribution is 0.111. The normalized spacial score (nSPS) is 10.3. The molecule has 0 fully saturated rings. The van der Waals surface area contributed by atoms with Crippen molar-refractivity contribution in [2.45, 2.75) is 33.3 Å². The van der Waals surface area contributed by atoms with Crippen LogP contribution in [-0.2, 0) is 6.42 Å². The smallest absolute Gasteiger partial charge is 0.231 e. The van der Waals surface area contributed by atoms with Gasteiger partial charge >= 0.3 is 0 Å². The first kappa shape index (κ1) is 12.4. The van der Waals surface area contributed by atoms with Crippen molar-refractivity contribution in [3.05, 3.63) is 11.4 Å². The maximum absolute atomic E-state index is 10.9. The predicted octanol–water partition coefficient (Wildman–Crippen LogP) is 1.65. The van der Waals surface area contributed by atoms with Crippen molar-refractivity contribution < 1.29 is 14.3 Å². The second-order valence-electron chi connectivity index (χ2n) is 3.51. The van der Waals surface area contributed by atoms with E-state index in [1.165, 1.54) is 7.11 Å². The summed E-state index contributed by atoms with van der Waals surface area (Å²) in [5.74, 6) is 1.14. The molecule has 0 aliphatic rings. The molecule has 1 aromatic heterocycles. The molecule has 5 nitrogen and oxygen atoms in total. The van der Waals surface area contributed by atoms with Crippen LogP contribution < -0.4 is 9.47 Å². The molecule has 5 heteroatoms. The van der Waals surface area contributed by atoms with Crippen LogP contribution >= 0.6 is 0 Å². The van der Waals surface area contributed by atoms with E-state index in [0.29, 0.717) is 18.5 Å². The van der Waals surface area contributed by atoms with E-state index in [1.54, 1.807) is 0 Å². The molecule has 1 heterocycles. The van der Waals surface area contributed by atoms with Gasteiger partial charge in [0.15, 0.2) is 6.29 Å². The number of carbonyl (C=O) groups excluding carboxylic acids is 1. The maximum atomic E-state index is 10.9. The zero-order valence-corrected chi connectivity index (χ0v) is 9.98. The average molecular weight is 224 g/mol. The number of carbonyl (C=O) groups is 1. The summed E-state index contributed by atoms with van der Waals surface area (Å²) in [7, 11) is 1.47. The molecular weight excluding hydrogens is 208 g/mol. The summed E-state index contributed by atoms with van der Waals surface area (Å²) in [5.41, 5.74) is 0.258. The molecule has 0 aromatic carbocycles. The fourth-order valence-corrected chi connectivity index (χ4v) is 1.20. The highest BCUT2D eigenvalue weighted by atomic mass is 16.5. The molecule has 0 unspecified atom stereocenters. The first-order valence-corrected chi connectivity index (χ1v) is 5.19. The van der Waals surface area contributed by atoms with Crippen molar-refractivity contribution in [2.24, 2.45) is 0 Å². The van der Waals surface area contributed by atoms with Crippen LogP contribution in [0.2, 0.25) is 0 Å². The van der Waals surface area contributed by atoms with E-state index >= 15 is 0 Å². The Morgan fingerprint density at radius 2 is 1.94 bits per heavy atom. The Bertz CT molecular complexity index is 378. The van der Waals surface area contributed by atoms with Gasteiger partial charge in [0.2, 0.25) is 11.8 Å². The fourth-order valence-electron chi connectivity index (χ4n) is 1.20. The quantitative estimate of drug-likeness (QED) is 0.711. The number of hydrogen-bond donors (Lipinski definition) is 0. The Kier molecular flexibility index (Phi) is 4.22. The van der Waals surface area contributed by atoms with Gasteiger partial charge < -0.3 is 9.47 Å². The first-order valence-electron chi connectivity index (χ1n) is 5.19. The van der Waals surface area contributed by atoms with Crippen LogP contribution in [-0.4, -0.2) is 29.5 Å². The summed E-state index contributed by atoms with van der Waals surface area (Å²) >= 11 is 0. The Labute approximate surface area is 94.8 Å². The van der Waals surface area contributed by atoms with Gasteiger partial charge in [-0.25, -0.2) is 0 Å². The van der Waals surface area contributed by atoms with Crippen LogP contribution in [0.15, 0.2) is 0 Å². The zero-order valence-electron chi connectivity index (χ0n) is 9.98. The van der Waals surface area contributed by atoms with Crippen LogP contribution in [0.5, 0.6) is 11.8 Å². The van der Waals surface area contributed by atoms with Gasteiger partial charge in [0.1, 0.15) is 11.4 Å². The summed E-state index contributed by atoms with van der Waals surface area (Å²) in [4.78, 5) is 19.2. The highest BCUT2D eigenvalue weighted by molar-refractivity contribution is 5.81. The third kappa shape index (κ3) is 2.68. The molecule has 0 aliphatic heterocycles. The molecule has 0 N–H and O–H groups in total. The lowest BCUT2D eigenvalue weighted by Gasteiger charge is -2.13. The van der Waals surface area contributed by atoms with Gasteiger partial charge in [-0.3, -0.25) is 4.79 Å². The van der Waals surface area contributed by atoms with Crippen LogP contribution in [0.1, 0.15) is 37.0 Å². The molecule has 0 bridgehead atoms.